The highest BCUT2D eigenvalue weighted by molar-refractivity contribution is 5.44. The van der Waals surface area contributed by atoms with Crippen LogP contribution >= 0.6 is 0 Å². The molecule has 0 radical (unpaired) electrons. The highest BCUT2D eigenvalue weighted by Crippen LogP contribution is 2.45. The lowest BCUT2D eigenvalue weighted by molar-refractivity contribution is 0.394. The summed E-state index contributed by atoms with van der Waals surface area (Å²) in [5.74, 6) is 1.67. The third-order valence-corrected chi connectivity index (χ3v) is 4.28. The van der Waals surface area contributed by atoms with Crippen molar-refractivity contribution in [3.63, 3.8) is 0 Å². The second-order valence-corrected chi connectivity index (χ2v) is 5.70. The summed E-state index contributed by atoms with van der Waals surface area (Å²) >= 11 is 0. The van der Waals surface area contributed by atoms with Gasteiger partial charge in [-0.1, -0.05) is 25.0 Å². The molecule has 0 heterocycles. The van der Waals surface area contributed by atoms with Gasteiger partial charge in [0.25, 0.3) is 0 Å². The largest absolute Gasteiger partial charge is 0.0698 e. The standard InChI is InChI=1S/C15H24/c1-10(2)13-9-8-11(3)14-7-5-6-12(4)15(13)14/h10,13H,5-9H2,1-4H3. The van der Waals surface area contributed by atoms with Crippen LogP contribution in [0.15, 0.2) is 22.3 Å². The van der Waals surface area contributed by atoms with Crippen LogP contribution < -0.4 is 0 Å². The minimum atomic E-state index is 0.816. The third kappa shape index (κ3) is 1.91. The van der Waals surface area contributed by atoms with Crippen LogP contribution in [-0.4, -0.2) is 0 Å². The van der Waals surface area contributed by atoms with E-state index >= 15 is 0 Å². The van der Waals surface area contributed by atoms with E-state index < -0.39 is 0 Å². The van der Waals surface area contributed by atoms with Gasteiger partial charge in [0.2, 0.25) is 0 Å². The molecule has 0 amide bonds. The van der Waals surface area contributed by atoms with E-state index in [4.69, 9.17) is 0 Å². The minimum Gasteiger partial charge on any atom is -0.0698 e. The monoisotopic (exact) mass is 204 g/mol. The summed E-state index contributed by atoms with van der Waals surface area (Å²) in [6, 6.07) is 0. The summed E-state index contributed by atoms with van der Waals surface area (Å²) in [6.07, 6.45) is 6.80. The smallest absolute Gasteiger partial charge is 0.0134 e. The van der Waals surface area contributed by atoms with E-state index in [0.717, 1.165) is 11.8 Å². The molecule has 0 aliphatic heterocycles. The predicted molar refractivity (Wildman–Crippen MR) is 66.8 cm³/mol. The molecule has 0 saturated carbocycles. The van der Waals surface area contributed by atoms with E-state index in [9.17, 15) is 0 Å². The van der Waals surface area contributed by atoms with Crippen molar-refractivity contribution in [1.29, 1.82) is 0 Å². The SMILES string of the molecule is CC1=C2CCCC(C)=C2C(C(C)C)CC1. The predicted octanol–water partition coefficient (Wildman–Crippen LogP) is 4.87. The Morgan fingerprint density at radius 2 is 1.73 bits per heavy atom. The molecule has 2 rings (SSSR count). The normalized spacial score (nSPS) is 27.4. The molecular weight excluding hydrogens is 180 g/mol. The molecule has 0 aromatic carbocycles. The van der Waals surface area contributed by atoms with Crippen LogP contribution in [0.4, 0.5) is 0 Å². The zero-order valence-electron chi connectivity index (χ0n) is 10.7. The van der Waals surface area contributed by atoms with Gasteiger partial charge in [0.1, 0.15) is 0 Å². The Labute approximate surface area is 94.5 Å². The molecule has 0 bridgehead atoms. The van der Waals surface area contributed by atoms with Gasteiger partial charge in [-0.3, -0.25) is 0 Å². The summed E-state index contributed by atoms with van der Waals surface area (Å²) in [5, 5.41) is 0. The molecule has 0 spiro atoms. The van der Waals surface area contributed by atoms with Crippen LogP contribution in [0.3, 0.4) is 0 Å². The Bertz CT molecular complexity index is 315. The van der Waals surface area contributed by atoms with Crippen molar-refractivity contribution in [3.05, 3.63) is 22.3 Å². The lowest BCUT2D eigenvalue weighted by atomic mass is 9.69. The molecule has 84 valence electrons. The maximum atomic E-state index is 2.39. The van der Waals surface area contributed by atoms with Crippen LogP contribution in [0.5, 0.6) is 0 Å². The Morgan fingerprint density at radius 1 is 1.00 bits per heavy atom. The highest BCUT2D eigenvalue weighted by Gasteiger charge is 2.29. The fourth-order valence-electron chi connectivity index (χ4n) is 3.37. The number of fused-ring (bicyclic) bond motifs is 1. The van der Waals surface area contributed by atoms with Crippen LogP contribution in [-0.2, 0) is 0 Å². The van der Waals surface area contributed by atoms with Gasteiger partial charge < -0.3 is 0 Å². The first-order valence-corrected chi connectivity index (χ1v) is 6.50. The van der Waals surface area contributed by atoms with Gasteiger partial charge in [0, 0.05) is 0 Å². The second-order valence-electron chi connectivity index (χ2n) is 5.70. The van der Waals surface area contributed by atoms with Gasteiger partial charge in [-0.2, -0.15) is 0 Å². The third-order valence-electron chi connectivity index (χ3n) is 4.28. The molecule has 0 fully saturated rings. The Morgan fingerprint density at radius 3 is 2.40 bits per heavy atom. The topological polar surface area (TPSA) is 0 Å². The maximum absolute atomic E-state index is 2.39. The fourth-order valence-corrected chi connectivity index (χ4v) is 3.37. The van der Waals surface area contributed by atoms with Crippen molar-refractivity contribution in [1.82, 2.24) is 0 Å². The van der Waals surface area contributed by atoms with Crippen molar-refractivity contribution in [3.8, 4) is 0 Å². The van der Waals surface area contributed by atoms with Crippen molar-refractivity contribution in [2.45, 2.75) is 59.8 Å². The molecule has 0 aromatic rings. The van der Waals surface area contributed by atoms with E-state index in [1.54, 1.807) is 22.3 Å². The zero-order chi connectivity index (χ0) is 11.0. The average molecular weight is 204 g/mol. The number of hydrogen-bond acceptors (Lipinski definition) is 0. The first-order valence-electron chi connectivity index (χ1n) is 6.50. The Hall–Kier alpha value is -0.520. The fraction of sp³-hybridized carbons (Fsp3) is 0.733. The summed E-state index contributed by atoms with van der Waals surface area (Å²) in [6.45, 7) is 9.49. The summed E-state index contributed by atoms with van der Waals surface area (Å²) in [5.41, 5.74) is 6.87. The van der Waals surface area contributed by atoms with E-state index in [2.05, 4.69) is 27.7 Å². The van der Waals surface area contributed by atoms with Crippen molar-refractivity contribution >= 4 is 0 Å². The van der Waals surface area contributed by atoms with Crippen LogP contribution in [0.2, 0.25) is 0 Å². The Balaban J connectivity index is 2.44. The number of hydrogen-bond donors (Lipinski definition) is 0. The van der Waals surface area contributed by atoms with E-state index in [-0.39, 0.29) is 0 Å². The van der Waals surface area contributed by atoms with Crippen LogP contribution in [0.25, 0.3) is 0 Å². The quantitative estimate of drug-likeness (QED) is 0.571. The summed E-state index contributed by atoms with van der Waals surface area (Å²) < 4.78 is 0. The van der Waals surface area contributed by atoms with Crippen LogP contribution in [0, 0.1) is 11.8 Å². The van der Waals surface area contributed by atoms with E-state index in [0.29, 0.717) is 0 Å². The maximum Gasteiger partial charge on any atom is -0.0134 e. The van der Waals surface area contributed by atoms with Crippen LogP contribution in [0.1, 0.15) is 59.8 Å². The average Bonchev–Trinajstić information content (AvgIpc) is 2.19. The molecule has 0 N–H and O–H groups in total. The van der Waals surface area contributed by atoms with E-state index in [1.807, 2.05) is 0 Å². The molecule has 0 saturated heterocycles. The van der Waals surface area contributed by atoms with Gasteiger partial charge in [-0.05, 0) is 68.9 Å². The van der Waals surface area contributed by atoms with Gasteiger partial charge in [0.15, 0.2) is 0 Å². The lowest BCUT2D eigenvalue weighted by Crippen LogP contribution is -2.21. The van der Waals surface area contributed by atoms with Crippen molar-refractivity contribution < 1.29 is 0 Å². The molecule has 2 aliphatic carbocycles. The number of rotatable bonds is 1. The van der Waals surface area contributed by atoms with Gasteiger partial charge >= 0.3 is 0 Å². The first kappa shape index (κ1) is 11.0. The van der Waals surface area contributed by atoms with Crippen molar-refractivity contribution in [2.75, 3.05) is 0 Å². The molecule has 1 unspecified atom stereocenters. The summed E-state index contributed by atoms with van der Waals surface area (Å²) in [7, 11) is 0. The van der Waals surface area contributed by atoms with Gasteiger partial charge in [0.05, 0.1) is 0 Å². The molecule has 0 heteroatoms. The second kappa shape index (κ2) is 4.15. The Kier molecular flexibility index (Phi) is 3.04. The summed E-state index contributed by atoms with van der Waals surface area (Å²) in [4.78, 5) is 0. The molecule has 0 nitrogen and oxygen atoms in total. The molecule has 15 heavy (non-hydrogen) atoms. The molecule has 0 aromatic heterocycles. The first-order chi connectivity index (χ1) is 7.11. The minimum absolute atomic E-state index is 0.816. The van der Waals surface area contributed by atoms with Crippen molar-refractivity contribution in [2.24, 2.45) is 11.8 Å². The zero-order valence-corrected chi connectivity index (χ0v) is 10.7. The van der Waals surface area contributed by atoms with E-state index in [1.165, 1.54) is 32.1 Å². The lowest BCUT2D eigenvalue weighted by Gasteiger charge is -2.36. The van der Waals surface area contributed by atoms with Gasteiger partial charge in [-0.15, -0.1) is 0 Å². The number of allylic oxidation sites excluding steroid dienone is 4. The highest BCUT2D eigenvalue weighted by atomic mass is 14.3. The van der Waals surface area contributed by atoms with Gasteiger partial charge in [-0.25, -0.2) is 0 Å². The molecule has 1 atom stereocenters. The molecule has 2 aliphatic rings. The molecular formula is C15H24.